The Morgan fingerprint density at radius 1 is 0.844 bits per heavy atom. The summed E-state index contributed by atoms with van der Waals surface area (Å²) in [7, 11) is 1.76. The molecule has 1 spiro atoms. The zero-order valence-electron chi connectivity index (χ0n) is 18.2. The summed E-state index contributed by atoms with van der Waals surface area (Å²) in [5.41, 5.74) is 1.33. The van der Waals surface area contributed by atoms with Crippen molar-refractivity contribution >= 4 is 22.7 Å². The molecule has 2 aliphatic rings. The SMILES string of the molecule is CN1C(=O)N(Cc2ccc3ccccc3c2)C(=O)C12CCN(Cc1ccc(O)cc1)CC2. The van der Waals surface area contributed by atoms with Gasteiger partial charge in [-0.25, -0.2) is 4.79 Å². The normalized spacial score (nSPS) is 18.8. The highest BCUT2D eigenvalue weighted by molar-refractivity contribution is 6.07. The van der Waals surface area contributed by atoms with Crippen LogP contribution in [0.1, 0.15) is 24.0 Å². The number of phenols is 1. The zero-order valence-corrected chi connectivity index (χ0v) is 18.2. The maximum atomic E-state index is 13.5. The van der Waals surface area contributed by atoms with Crippen LogP contribution in [0.15, 0.2) is 66.7 Å². The van der Waals surface area contributed by atoms with Gasteiger partial charge in [0.1, 0.15) is 11.3 Å². The van der Waals surface area contributed by atoms with E-state index in [-0.39, 0.29) is 17.7 Å². The number of aromatic hydroxyl groups is 1. The Bertz CT molecular complexity index is 1170. The van der Waals surface area contributed by atoms with Crippen LogP contribution in [0.5, 0.6) is 5.75 Å². The number of hydrogen-bond acceptors (Lipinski definition) is 4. The summed E-state index contributed by atoms with van der Waals surface area (Å²) in [5.74, 6) is 0.178. The second-order valence-electron chi connectivity index (χ2n) is 8.89. The minimum absolute atomic E-state index is 0.0811. The Morgan fingerprint density at radius 3 is 2.22 bits per heavy atom. The fourth-order valence-electron chi connectivity index (χ4n) is 4.99. The molecule has 2 saturated heterocycles. The van der Waals surface area contributed by atoms with E-state index >= 15 is 0 Å². The smallest absolute Gasteiger partial charge is 0.327 e. The molecule has 6 heteroatoms. The van der Waals surface area contributed by atoms with Crippen molar-refractivity contribution in [2.24, 2.45) is 0 Å². The van der Waals surface area contributed by atoms with Crippen molar-refractivity contribution in [2.45, 2.75) is 31.5 Å². The van der Waals surface area contributed by atoms with Crippen molar-refractivity contribution in [1.82, 2.24) is 14.7 Å². The van der Waals surface area contributed by atoms with Gasteiger partial charge in [0.2, 0.25) is 0 Å². The topological polar surface area (TPSA) is 64.1 Å². The highest BCUT2D eigenvalue weighted by Gasteiger charge is 2.56. The van der Waals surface area contributed by atoms with Gasteiger partial charge in [-0.15, -0.1) is 0 Å². The predicted molar refractivity (Wildman–Crippen MR) is 123 cm³/mol. The number of imide groups is 1. The van der Waals surface area contributed by atoms with Gasteiger partial charge < -0.3 is 10.0 Å². The number of amides is 3. The fraction of sp³-hybridized carbons (Fsp3) is 0.308. The van der Waals surface area contributed by atoms with Gasteiger partial charge >= 0.3 is 6.03 Å². The summed E-state index contributed by atoms with van der Waals surface area (Å²) in [4.78, 5) is 31.9. The number of phenolic OH excluding ortho intramolecular Hbond substituents is 1. The first kappa shape index (κ1) is 20.5. The molecule has 0 aromatic heterocycles. The molecular formula is C26H27N3O3. The Balaban J connectivity index is 1.29. The number of urea groups is 1. The Hall–Kier alpha value is -3.38. The zero-order chi connectivity index (χ0) is 22.3. The van der Waals surface area contributed by atoms with Gasteiger partial charge in [-0.2, -0.15) is 0 Å². The van der Waals surface area contributed by atoms with E-state index in [1.165, 1.54) is 4.90 Å². The van der Waals surface area contributed by atoms with Gasteiger partial charge in [-0.1, -0.05) is 48.5 Å². The molecule has 2 fully saturated rings. The van der Waals surface area contributed by atoms with Gasteiger partial charge in [0.25, 0.3) is 5.91 Å². The highest BCUT2D eigenvalue weighted by atomic mass is 16.3. The molecule has 0 atom stereocenters. The fourth-order valence-corrected chi connectivity index (χ4v) is 4.99. The number of likely N-dealkylation sites (N-methyl/N-ethyl adjacent to an activating group) is 1. The molecule has 0 saturated carbocycles. The maximum Gasteiger partial charge on any atom is 0.327 e. The third kappa shape index (κ3) is 3.50. The number of nitrogens with zero attached hydrogens (tertiary/aromatic N) is 3. The van der Waals surface area contributed by atoms with E-state index in [0.717, 1.165) is 41.5 Å². The third-order valence-electron chi connectivity index (χ3n) is 6.98. The van der Waals surface area contributed by atoms with Crippen molar-refractivity contribution in [2.75, 3.05) is 20.1 Å². The van der Waals surface area contributed by atoms with Gasteiger partial charge in [0.15, 0.2) is 0 Å². The number of rotatable bonds is 4. The number of carbonyl (C=O) groups excluding carboxylic acids is 2. The van der Waals surface area contributed by atoms with Gasteiger partial charge in [-0.3, -0.25) is 14.6 Å². The van der Waals surface area contributed by atoms with Crippen molar-refractivity contribution in [3.8, 4) is 5.75 Å². The number of piperidine rings is 1. The van der Waals surface area contributed by atoms with Crippen molar-refractivity contribution < 1.29 is 14.7 Å². The first-order valence-corrected chi connectivity index (χ1v) is 11.0. The average Bonchev–Trinajstić information content (AvgIpc) is 2.98. The molecule has 2 aliphatic heterocycles. The molecule has 2 heterocycles. The summed E-state index contributed by atoms with van der Waals surface area (Å²) in [5, 5.41) is 11.7. The molecular weight excluding hydrogens is 402 g/mol. The Morgan fingerprint density at radius 2 is 1.50 bits per heavy atom. The van der Waals surface area contributed by atoms with Crippen LogP contribution >= 0.6 is 0 Å². The highest BCUT2D eigenvalue weighted by Crippen LogP contribution is 2.37. The molecule has 0 bridgehead atoms. The quantitative estimate of drug-likeness (QED) is 0.638. The van der Waals surface area contributed by atoms with Crippen molar-refractivity contribution in [1.29, 1.82) is 0 Å². The van der Waals surface area contributed by atoms with Crippen LogP contribution in [0, 0.1) is 0 Å². The summed E-state index contributed by atoms with van der Waals surface area (Å²) in [6, 6.07) is 21.2. The number of likely N-dealkylation sites (tertiary alicyclic amines) is 1. The number of fused-ring (bicyclic) bond motifs is 1. The van der Waals surface area contributed by atoms with E-state index in [2.05, 4.69) is 17.0 Å². The molecule has 0 aliphatic carbocycles. The second-order valence-corrected chi connectivity index (χ2v) is 8.89. The number of benzene rings is 3. The second kappa shape index (κ2) is 7.95. The Labute approximate surface area is 187 Å². The van der Waals surface area contributed by atoms with Crippen LogP contribution in [-0.4, -0.2) is 57.4 Å². The lowest BCUT2D eigenvalue weighted by molar-refractivity contribution is -0.135. The van der Waals surface area contributed by atoms with Crippen LogP contribution in [0.4, 0.5) is 4.79 Å². The molecule has 3 amide bonds. The van der Waals surface area contributed by atoms with E-state index in [9.17, 15) is 14.7 Å². The summed E-state index contributed by atoms with van der Waals surface area (Å²) < 4.78 is 0. The van der Waals surface area contributed by atoms with Crippen LogP contribution in [0.25, 0.3) is 10.8 Å². The monoisotopic (exact) mass is 429 g/mol. The number of carbonyl (C=O) groups is 2. The summed E-state index contributed by atoms with van der Waals surface area (Å²) >= 11 is 0. The molecule has 6 nitrogen and oxygen atoms in total. The lowest BCUT2D eigenvalue weighted by Gasteiger charge is -2.40. The standard InChI is InChI=1S/C26H27N3O3/c1-27-25(32)29(18-20-6-9-21-4-2-3-5-22(21)16-20)24(31)26(27)12-14-28(15-13-26)17-19-7-10-23(30)11-8-19/h2-11,16,30H,12-15,17-18H2,1H3. The molecule has 32 heavy (non-hydrogen) atoms. The molecule has 0 unspecified atom stereocenters. The van der Waals surface area contributed by atoms with Crippen LogP contribution in [-0.2, 0) is 17.9 Å². The van der Waals surface area contributed by atoms with Gasteiger partial charge in [-0.05, 0) is 52.9 Å². The molecule has 3 aromatic carbocycles. The van der Waals surface area contributed by atoms with E-state index in [1.807, 2.05) is 42.5 Å². The van der Waals surface area contributed by atoms with E-state index in [0.29, 0.717) is 19.4 Å². The maximum absolute atomic E-state index is 13.5. The van der Waals surface area contributed by atoms with Crippen molar-refractivity contribution in [3.63, 3.8) is 0 Å². The molecule has 164 valence electrons. The van der Waals surface area contributed by atoms with Crippen LogP contribution in [0.2, 0.25) is 0 Å². The summed E-state index contributed by atoms with van der Waals surface area (Å²) in [6.07, 6.45) is 1.25. The van der Waals surface area contributed by atoms with Gasteiger partial charge in [0.05, 0.1) is 6.54 Å². The summed E-state index contributed by atoms with van der Waals surface area (Å²) in [6.45, 7) is 2.55. The minimum Gasteiger partial charge on any atom is -0.508 e. The lowest BCUT2D eigenvalue weighted by atomic mass is 9.86. The van der Waals surface area contributed by atoms with E-state index < -0.39 is 5.54 Å². The first-order chi connectivity index (χ1) is 15.5. The molecule has 1 N–H and O–H groups in total. The van der Waals surface area contributed by atoms with Crippen LogP contribution < -0.4 is 0 Å². The first-order valence-electron chi connectivity index (χ1n) is 11.0. The van der Waals surface area contributed by atoms with E-state index in [4.69, 9.17) is 0 Å². The molecule has 5 rings (SSSR count). The average molecular weight is 430 g/mol. The molecule has 3 aromatic rings. The lowest BCUT2D eigenvalue weighted by Crippen LogP contribution is -2.55. The number of hydrogen-bond donors (Lipinski definition) is 1. The third-order valence-corrected chi connectivity index (χ3v) is 6.98. The minimum atomic E-state index is -0.751. The van der Waals surface area contributed by atoms with E-state index in [1.54, 1.807) is 24.1 Å². The predicted octanol–water partition coefficient (Wildman–Crippen LogP) is 3.97. The molecule has 0 radical (unpaired) electrons. The van der Waals surface area contributed by atoms with Crippen molar-refractivity contribution in [3.05, 3.63) is 77.9 Å². The van der Waals surface area contributed by atoms with Gasteiger partial charge in [0, 0.05) is 26.7 Å². The van der Waals surface area contributed by atoms with Crippen LogP contribution in [0.3, 0.4) is 0 Å². The Kier molecular flexibility index (Phi) is 5.10. The largest absolute Gasteiger partial charge is 0.508 e.